The summed E-state index contributed by atoms with van der Waals surface area (Å²) in [4.78, 5) is 9.29. The van der Waals surface area contributed by atoms with E-state index >= 15 is 0 Å². The van der Waals surface area contributed by atoms with Crippen LogP contribution in [0.2, 0.25) is 19.6 Å². The molecule has 5 rings (SSSR count). The number of pyridine rings is 2. The zero-order valence-corrected chi connectivity index (χ0v) is 31.1. The van der Waals surface area contributed by atoms with Gasteiger partial charge in [-0.15, -0.1) is 71.3 Å². The maximum Gasteiger partial charge on any atom is 0.0795 e. The molecule has 0 unspecified atom stereocenters. The largest absolute Gasteiger partial charge is 0.305 e. The number of hydrogen-bond acceptors (Lipinski definition) is 2. The minimum atomic E-state index is -1.33. The van der Waals surface area contributed by atoms with Crippen LogP contribution >= 0.6 is 0 Å². The molecule has 5 aromatic rings. The van der Waals surface area contributed by atoms with Crippen molar-refractivity contribution in [2.45, 2.75) is 73.0 Å². The van der Waals surface area contributed by atoms with Crippen LogP contribution < -0.4 is 5.19 Å². The molecule has 2 aromatic heterocycles. The second-order valence-corrected chi connectivity index (χ2v) is 19.2. The molecule has 1 radical (unpaired) electrons. The summed E-state index contributed by atoms with van der Waals surface area (Å²) in [5.41, 5.74) is 9.57. The quantitative estimate of drug-likeness (QED) is 0.127. The van der Waals surface area contributed by atoms with Crippen molar-refractivity contribution in [2.75, 3.05) is 0 Å². The van der Waals surface area contributed by atoms with Crippen LogP contribution in [0.5, 0.6) is 0 Å². The van der Waals surface area contributed by atoms with E-state index in [-0.39, 0.29) is 25.5 Å². The van der Waals surface area contributed by atoms with Gasteiger partial charge in [0.25, 0.3) is 0 Å². The first-order valence-electron chi connectivity index (χ1n) is 15.2. The normalized spacial score (nSPS) is 11.7. The summed E-state index contributed by atoms with van der Waals surface area (Å²) in [5.74, 6) is 0. The summed E-state index contributed by atoms with van der Waals surface area (Å²) in [5, 5.41) is 1.39. The fourth-order valence-electron chi connectivity index (χ4n) is 5.19. The van der Waals surface area contributed by atoms with Crippen LogP contribution in [0.3, 0.4) is 0 Å². The molecule has 3 aromatic carbocycles. The van der Waals surface area contributed by atoms with Gasteiger partial charge in [-0.25, -0.2) is 0 Å². The molecule has 0 fully saturated rings. The number of nitrogens with zero attached hydrogens (tertiary/aromatic N) is 2. The molecule has 2 heterocycles. The topological polar surface area (TPSA) is 25.8 Å². The molecule has 0 saturated heterocycles. The number of rotatable bonds is 6. The van der Waals surface area contributed by atoms with E-state index < -0.39 is 8.07 Å². The molecule has 0 amide bonds. The van der Waals surface area contributed by atoms with Crippen molar-refractivity contribution >= 4 is 13.3 Å². The van der Waals surface area contributed by atoms with Crippen LogP contribution in [-0.4, -0.2) is 18.0 Å². The van der Waals surface area contributed by atoms with Crippen molar-refractivity contribution in [3.8, 4) is 22.5 Å². The number of aromatic nitrogens is 2. The molecule has 4 heteroatoms. The standard InChI is InChI=1S/C23H26NSi.C17H20N.Ir/c1-23(2,18-11-7-6-8-12-18)21-14-10-9-13-20(21)22-16-15-19(17-24-22)25(3,4)5;1-13-12-18-16(14-8-6-5-7-9-14)10-15(13)11-17(2,3)4;/h6-12,14-17H,1-5H3;5-8,10,12H,11H2,1-4H3;/q2*-1;. The molecule has 44 heavy (non-hydrogen) atoms. The Hall–Kier alpha value is -3.17. The Morgan fingerprint density at radius 1 is 0.705 bits per heavy atom. The molecule has 0 atom stereocenters. The van der Waals surface area contributed by atoms with Gasteiger partial charge in [-0.2, -0.15) is 0 Å². The van der Waals surface area contributed by atoms with Crippen LogP contribution in [0.4, 0.5) is 0 Å². The Morgan fingerprint density at radius 3 is 1.95 bits per heavy atom. The molecule has 0 N–H and O–H groups in total. The summed E-state index contributed by atoms with van der Waals surface area (Å²) in [6, 6.07) is 38.2. The van der Waals surface area contributed by atoms with Gasteiger partial charge in [0.05, 0.1) is 8.07 Å². The van der Waals surface area contributed by atoms with E-state index in [2.05, 4.69) is 151 Å². The van der Waals surface area contributed by atoms with Gasteiger partial charge in [-0.3, -0.25) is 0 Å². The average Bonchev–Trinajstić information content (AvgIpc) is 2.98. The fourth-order valence-corrected chi connectivity index (χ4v) is 6.23. The summed E-state index contributed by atoms with van der Waals surface area (Å²) >= 11 is 0. The summed E-state index contributed by atoms with van der Waals surface area (Å²) in [6.07, 6.45) is 5.10. The van der Waals surface area contributed by atoms with Gasteiger partial charge >= 0.3 is 0 Å². The summed E-state index contributed by atoms with van der Waals surface area (Å²) in [6.45, 7) is 20.5. The first-order valence-corrected chi connectivity index (χ1v) is 18.7. The molecule has 0 aliphatic carbocycles. The molecule has 0 bridgehead atoms. The molecular formula is C40H46IrN2Si-2. The van der Waals surface area contributed by atoms with Crippen molar-refractivity contribution in [3.63, 3.8) is 0 Å². The van der Waals surface area contributed by atoms with Gasteiger partial charge in [0, 0.05) is 32.5 Å². The first kappa shape index (κ1) is 35.3. The van der Waals surface area contributed by atoms with Crippen LogP contribution in [0.1, 0.15) is 56.9 Å². The van der Waals surface area contributed by atoms with E-state index in [1.807, 2.05) is 30.5 Å². The Labute approximate surface area is 280 Å². The van der Waals surface area contributed by atoms with Gasteiger partial charge in [0.15, 0.2) is 0 Å². The second kappa shape index (κ2) is 14.7. The zero-order valence-electron chi connectivity index (χ0n) is 27.7. The van der Waals surface area contributed by atoms with Crippen LogP contribution in [0.15, 0.2) is 103 Å². The van der Waals surface area contributed by atoms with Crippen LogP contribution in [-0.2, 0) is 31.9 Å². The van der Waals surface area contributed by atoms with Gasteiger partial charge in [-0.05, 0) is 51.9 Å². The van der Waals surface area contributed by atoms with Crippen LogP contribution in [0.25, 0.3) is 22.5 Å². The smallest absolute Gasteiger partial charge is 0.0795 e. The fraction of sp³-hybridized carbons (Fsp3) is 0.300. The minimum Gasteiger partial charge on any atom is -0.305 e. The molecule has 2 nitrogen and oxygen atoms in total. The van der Waals surface area contributed by atoms with Crippen molar-refractivity contribution in [2.24, 2.45) is 5.41 Å². The molecular weight excluding hydrogens is 729 g/mol. The van der Waals surface area contributed by atoms with Crippen molar-refractivity contribution in [3.05, 3.63) is 138 Å². The number of hydrogen-bond donors (Lipinski definition) is 0. The predicted molar refractivity (Wildman–Crippen MR) is 186 cm³/mol. The predicted octanol–water partition coefficient (Wildman–Crippen LogP) is 9.86. The Balaban J connectivity index is 0.000000247. The molecule has 0 saturated carbocycles. The van der Waals surface area contributed by atoms with E-state index in [0.717, 1.165) is 28.9 Å². The van der Waals surface area contributed by atoms with Gasteiger partial charge in [-0.1, -0.05) is 108 Å². The molecule has 0 spiro atoms. The van der Waals surface area contributed by atoms with Crippen molar-refractivity contribution in [1.82, 2.24) is 9.97 Å². The van der Waals surface area contributed by atoms with Crippen molar-refractivity contribution < 1.29 is 20.1 Å². The van der Waals surface area contributed by atoms with Crippen molar-refractivity contribution in [1.29, 1.82) is 0 Å². The van der Waals surface area contributed by atoms with E-state index in [9.17, 15) is 0 Å². The molecule has 0 aliphatic rings. The summed E-state index contributed by atoms with van der Waals surface area (Å²) < 4.78 is 0. The molecule has 231 valence electrons. The third-order valence-corrected chi connectivity index (χ3v) is 9.86. The number of aryl methyl sites for hydroxylation is 1. The van der Waals surface area contributed by atoms with E-state index in [1.54, 1.807) is 0 Å². The minimum absolute atomic E-state index is 0. The Morgan fingerprint density at radius 2 is 1.36 bits per heavy atom. The SMILES string of the molecule is CC(C)(c1ccccc1)c1ccc[c-]c1-c1ccc([Si](C)(C)C)cn1.Cc1cnc(-c2[c-]cccc2)cc1CC(C)(C)C.[Ir]. The third-order valence-electron chi connectivity index (χ3n) is 7.83. The number of benzene rings is 3. The van der Waals surface area contributed by atoms with Crippen LogP contribution in [0, 0.1) is 24.5 Å². The molecule has 0 aliphatic heterocycles. The Kier molecular flexibility index (Phi) is 11.8. The zero-order chi connectivity index (χ0) is 31.3. The maximum absolute atomic E-state index is 4.79. The average molecular weight is 775 g/mol. The third kappa shape index (κ3) is 9.17. The Bertz CT molecular complexity index is 1610. The van der Waals surface area contributed by atoms with E-state index in [4.69, 9.17) is 4.98 Å². The maximum atomic E-state index is 4.79. The first-order chi connectivity index (χ1) is 20.3. The monoisotopic (exact) mass is 775 g/mol. The van der Waals surface area contributed by atoms with Gasteiger partial charge in [0.1, 0.15) is 0 Å². The van der Waals surface area contributed by atoms with E-state index in [1.165, 1.54) is 27.4 Å². The van der Waals surface area contributed by atoms with Gasteiger partial charge < -0.3 is 9.97 Å². The van der Waals surface area contributed by atoms with E-state index in [0.29, 0.717) is 5.41 Å². The second-order valence-electron chi connectivity index (χ2n) is 14.1. The summed E-state index contributed by atoms with van der Waals surface area (Å²) in [7, 11) is -1.33. The van der Waals surface area contributed by atoms with Gasteiger partial charge in [0.2, 0.25) is 0 Å².